The van der Waals surface area contributed by atoms with Crippen LogP contribution in [0.15, 0.2) is 42.2 Å². The van der Waals surface area contributed by atoms with Gasteiger partial charge in [0.05, 0.1) is 25.0 Å². The molecule has 3 aliphatic rings. The van der Waals surface area contributed by atoms with Gasteiger partial charge in [0, 0.05) is 25.1 Å². The number of rotatable bonds is 10. The molecule has 0 radical (unpaired) electrons. The molecule has 200 valence electrons. The van der Waals surface area contributed by atoms with Crippen LogP contribution in [0.3, 0.4) is 0 Å². The van der Waals surface area contributed by atoms with Crippen molar-refractivity contribution >= 4 is 23.9 Å². The molecule has 2 heterocycles. The van der Waals surface area contributed by atoms with E-state index < -0.39 is 30.3 Å². The zero-order chi connectivity index (χ0) is 26.2. The Morgan fingerprint density at radius 2 is 2.05 bits per heavy atom. The maximum Gasteiger partial charge on any atom is 0.338 e. The van der Waals surface area contributed by atoms with Gasteiger partial charge in [0.2, 0.25) is 11.8 Å². The van der Waals surface area contributed by atoms with Gasteiger partial charge in [-0.15, -0.1) is 0 Å². The molecular weight excluding hydrogens is 484 g/mol. The van der Waals surface area contributed by atoms with Gasteiger partial charge in [0.15, 0.2) is 0 Å². The smallest absolute Gasteiger partial charge is 0.338 e. The average molecular weight is 517 g/mol. The number of aliphatic hydroxyl groups excluding tert-OH is 2. The minimum atomic E-state index is -0.750. The zero-order valence-corrected chi connectivity index (χ0v) is 20.4. The molecule has 0 aromatic heterocycles. The summed E-state index contributed by atoms with van der Waals surface area (Å²) in [6.07, 6.45) is 4.32. The van der Waals surface area contributed by atoms with E-state index in [0.717, 1.165) is 0 Å². The predicted octanol–water partition coefficient (Wildman–Crippen LogP) is 0.363. The van der Waals surface area contributed by atoms with E-state index in [2.05, 4.69) is 5.32 Å². The summed E-state index contributed by atoms with van der Waals surface area (Å²) >= 11 is 0. The molecule has 4 rings (SSSR count). The van der Waals surface area contributed by atoms with Gasteiger partial charge in [0.1, 0.15) is 37.8 Å². The lowest BCUT2D eigenvalue weighted by Crippen LogP contribution is -2.49. The van der Waals surface area contributed by atoms with E-state index in [9.17, 15) is 14.4 Å². The highest BCUT2D eigenvalue weighted by Gasteiger charge is 2.44. The fourth-order valence-corrected chi connectivity index (χ4v) is 4.70. The summed E-state index contributed by atoms with van der Waals surface area (Å²) in [5.74, 6) is -1.16. The second kappa shape index (κ2) is 12.8. The van der Waals surface area contributed by atoms with Crippen LogP contribution in [-0.2, 0) is 28.5 Å². The van der Waals surface area contributed by atoms with Crippen LogP contribution in [0, 0.1) is 0 Å². The molecule has 4 atom stereocenters. The van der Waals surface area contributed by atoms with Crippen molar-refractivity contribution in [3.8, 4) is 0 Å². The molecule has 37 heavy (non-hydrogen) atoms. The normalized spacial score (nSPS) is 25.0. The molecular formula is C26H32N2O9. The van der Waals surface area contributed by atoms with Gasteiger partial charge in [-0.25, -0.2) is 4.79 Å². The van der Waals surface area contributed by atoms with Crippen molar-refractivity contribution in [1.29, 1.82) is 0 Å². The number of hydrogen-bond acceptors (Lipinski definition) is 9. The molecule has 0 unspecified atom stereocenters. The minimum absolute atomic E-state index is 0.0192. The summed E-state index contributed by atoms with van der Waals surface area (Å²) in [7, 11) is 0. The summed E-state index contributed by atoms with van der Waals surface area (Å²) < 4.78 is 22.2. The van der Waals surface area contributed by atoms with Crippen molar-refractivity contribution < 1.29 is 43.5 Å². The molecule has 0 saturated carbocycles. The molecule has 1 aliphatic carbocycles. The Morgan fingerprint density at radius 1 is 1.19 bits per heavy atom. The van der Waals surface area contributed by atoms with Crippen molar-refractivity contribution in [2.45, 2.75) is 43.6 Å². The number of fused-ring (bicyclic) bond motifs is 1. The maximum atomic E-state index is 13.4. The number of aliphatic hydroxyl groups is 2. The summed E-state index contributed by atoms with van der Waals surface area (Å²) in [6, 6.07) is 6.17. The number of carbonyl (C=O) groups excluding carboxylic acids is 3. The topological polar surface area (TPSA) is 144 Å². The van der Waals surface area contributed by atoms with Crippen LogP contribution in [0.4, 0.5) is 0 Å². The van der Waals surface area contributed by atoms with Crippen LogP contribution in [0.25, 0.3) is 6.08 Å². The monoisotopic (exact) mass is 516 g/mol. The third-order valence-corrected chi connectivity index (χ3v) is 6.45. The van der Waals surface area contributed by atoms with E-state index in [1.54, 1.807) is 36.4 Å². The fourth-order valence-electron chi connectivity index (χ4n) is 4.70. The zero-order valence-electron chi connectivity index (χ0n) is 20.4. The molecule has 2 fully saturated rings. The third-order valence-electron chi connectivity index (χ3n) is 6.45. The summed E-state index contributed by atoms with van der Waals surface area (Å²) in [4.78, 5) is 40.5. The third kappa shape index (κ3) is 6.55. The lowest BCUT2D eigenvalue weighted by atomic mass is 9.91. The molecule has 0 spiro atoms. The van der Waals surface area contributed by atoms with Gasteiger partial charge < -0.3 is 39.4 Å². The molecule has 3 N–H and O–H groups in total. The second-order valence-electron chi connectivity index (χ2n) is 8.91. The number of amides is 2. The fraction of sp³-hybridized carbons (Fsp3) is 0.500. The number of carbonyl (C=O) groups is 3. The highest BCUT2D eigenvalue weighted by Crippen LogP contribution is 2.33. The minimum Gasteiger partial charge on any atom is -0.499 e. The Kier molecular flexibility index (Phi) is 9.29. The Hall–Kier alpha value is -3.25. The van der Waals surface area contributed by atoms with E-state index in [4.69, 9.17) is 29.2 Å². The first-order chi connectivity index (χ1) is 18.0. The molecule has 2 amide bonds. The van der Waals surface area contributed by atoms with Crippen molar-refractivity contribution in [3.05, 3.63) is 53.3 Å². The van der Waals surface area contributed by atoms with Crippen LogP contribution >= 0.6 is 0 Å². The Balaban J connectivity index is 1.44. The first kappa shape index (κ1) is 26.8. The van der Waals surface area contributed by atoms with Crippen LogP contribution in [-0.4, -0.2) is 97.0 Å². The Labute approximate surface area is 214 Å². The van der Waals surface area contributed by atoms with Crippen molar-refractivity contribution in [2.75, 3.05) is 39.7 Å². The SMILES string of the molecule is O=C(O[C@@H]1CC(C(=O)N2CCC[C@@H]2C(=O)NCCO)=C[C@H]2OCO[C@H]21)c1cccc(C=COCCO)c1. The number of esters is 1. The van der Waals surface area contributed by atoms with Crippen molar-refractivity contribution in [2.24, 2.45) is 0 Å². The number of nitrogens with one attached hydrogen (secondary N) is 1. The standard InChI is InChI=1S/C26H32N2O9/c29-9-7-27-24(31)20-5-2-8-28(20)25(32)19-14-21-23(36-16-35-21)22(15-19)37-26(33)18-4-1-3-17(13-18)6-11-34-12-10-30/h1,3-4,6,11,13-14,20-23,29-30H,2,5,7-10,12,15-16H2,(H,27,31)/t20-,21-,22-,23-/m1/s1. The van der Waals surface area contributed by atoms with Crippen LogP contribution in [0.2, 0.25) is 0 Å². The van der Waals surface area contributed by atoms with E-state index in [1.165, 1.54) is 11.2 Å². The van der Waals surface area contributed by atoms with E-state index >= 15 is 0 Å². The maximum absolute atomic E-state index is 13.4. The molecule has 11 heteroatoms. The predicted molar refractivity (Wildman–Crippen MR) is 130 cm³/mol. The quantitative estimate of drug-likeness (QED) is 0.228. The van der Waals surface area contributed by atoms with Crippen molar-refractivity contribution in [3.63, 3.8) is 0 Å². The molecule has 1 aromatic rings. The highest BCUT2D eigenvalue weighted by atomic mass is 16.7. The summed E-state index contributed by atoms with van der Waals surface area (Å²) in [6.45, 7) is 0.476. The number of likely N-dealkylation sites (tertiary alicyclic amines) is 1. The van der Waals surface area contributed by atoms with Crippen LogP contribution < -0.4 is 5.32 Å². The van der Waals surface area contributed by atoms with E-state index in [-0.39, 0.29) is 51.4 Å². The number of benzene rings is 1. The lowest BCUT2D eigenvalue weighted by Gasteiger charge is -2.32. The van der Waals surface area contributed by atoms with Crippen molar-refractivity contribution in [1.82, 2.24) is 10.2 Å². The Bertz CT molecular complexity index is 1040. The highest BCUT2D eigenvalue weighted by molar-refractivity contribution is 5.98. The van der Waals surface area contributed by atoms with Gasteiger partial charge in [-0.05, 0) is 42.7 Å². The van der Waals surface area contributed by atoms with E-state index in [0.29, 0.717) is 36.1 Å². The number of hydrogen-bond donors (Lipinski definition) is 3. The largest absolute Gasteiger partial charge is 0.499 e. The molecule has 1 aromatic carbocycles. The molecule has 2 aliphatic heterocycles. The average Bonchev–Trinajstić information content (AvgIpc) is 3.59. The van der Waals surface area contributed by atoms with Gasteiger partial charge in [-0.2, -0.15) is 0 Å². The molecule has 0 bridgehead atoms. The molecule has 11 nitrogen and oxygen atoms in total. The number of nitrogens with zero attached hydrogens (tertiary/aromatic N) is 1. The van der Waals surface area contributed by atoms with Crippen LogP contribution in [0.5, 0.6) is 0 Å². The van der Waals surface area contributed by atoms with Crippen LogP contribution in [0.1, 0.15) is 35.2 Å². The van der Waals surface area contributed by atoms with Gasteiger partial charge in [0.25, 0.3) is 0 Å². The van der Waals surface area contributed by atoms with Gasteiger partial charge in [-0.1, -0.05) is 12.1 Å². The first-order valence-electron chi connectivity index (χ1n) is 12.4. The second-order valence-corrected chi connectivity index (χ2v) is 8.91. The summed E-state index contributed by atoms with van der Waals surface area (Å²) in [5, 5.41) is 20.4. The molecule has 2 saturated heterocycles. The summed E-state index contributed by atoms with van der Waals surface area (Å²) in [5.41, 5.74) is 1.44. The Morgan fingerprint density at radius 3 is 2.86 bits per heavy atom. The number of ether oxygens (including phenoxy) is 4. The van der Waals surface area contributed by atoms with E-state index in [1.807, 2.05) is 0 Å². The van der Waals surface area contributed by atoms with Gasteiger partial charge >= 0.3 is 5.97 Å². The van der Waals surface area contributed by atoms with Gasteiger partial charge in [-0.3, -0.25) is 9.59 Å². The lowest BCUT2D eigenvalue weighted by molar-refractivity contribution is -0.136. The first-order valence-corrected chi connectivity index (χ1v) is 12.4.